The smallest absolute Gasteiger partial charge is 0.0832 e. The van der Waals surface area contributed by atoms with Crippen molar-refractivity contribution in [2.24, 2.45) is 5.92 Å². The summed E-state index contributed by atoms with van der Waals surface area (Å²) >= 11 is 0. The van der Waals surface area contributed by atoms with E-state index in [9.17, 15) is 0 Å². The lowest BCUT2D eigenvalue weighted by molar-refractivity contribution is -0.0869. The highest BCUT2D eigenvalue weighted by Crippen LogP contribution is 2.35. The molecule has 1 unspecified atom stereocenters. The van der Waals surface area contributed by atoms with E-state index in [0.717, 1.165) is 31.9 Å². The average Bonchev–Trinajstić information content (AvgIpc) is 2.75. The predicted molar refractivity (Wildman–Crippen MR) is 88.2 cm³/mol. The molecule has 1 fully saturated rings. The lowest BCUT2D eigenvalue weighted by Gasteiger charge is -2.44. The van der Waals surface area contributed by atoms with Gasteiger partial charge in [0.05, 0.1) is 5.60 Å². The van der Waals surface area contributed by atoms with E-state index in [0.29, 0.717) is 6.04 Å². The van der Waals surface area contributed by atoms with E-state index in [-0.39, 0.29) is 5.60 Å². The molecule has 2 heteroatoms. The Kier molecular flexibility index (Phi) is 8.79. The zero-order valence-corrected chi connectivity index (χ0v) is 14.3. The molecule has 1 aliphatic carbocycles. The van der Waals surface area contributed by atoms with Crippen molar-refractivity contribution in [1.82, 2.24) is 5.32 Å². The molecule has 0 aromatic carbocycles. The van der Waals surface area contributed by atoms with Gasteiger partial charge in [0.25, 0.3) is 0 Å². The number of nitrogens with one attached hydrogen (secondary N) is 1. The second-order valence-corrected chi connectivity index (χ2v) is 6.39. The van der Waals surface area contributed by atoms with Crippen molar-refractivity contribution in [3.8, 4) is 0 Å². The van der Waals surface area contributed by atoms with E-state index in [1.807, 2.05) is 0 Å². The number of hydrogen-bond donors (Lipinski definition) is 1. The van der Waals surface area contributed by atoms with Crippen molar-refractivity contribution in [3.05, 3.63) is 0 Å². The maximum atomic E-state index is 6.32. The van der Waals surface area contributed by atoms with Gasteiger partial charge in [0.15, 0.2) is 0 Å². The van der Waals surface area contributed by atoms with E-state index >= 15 is 0 Å². The molecule has 1 saturated carbocycles. The molecule has 0 bridgehead atoms. The van der Waals surface area contributed by atoms with Gasteiger partial charge in [-0.2, -0.15) is 0 Å². The van der Waals surface area contributed by atoms with Crippen LogP contribution in [-0.4, -0.2) is 24.8 Å². The van der Waals surface area contributed by atoms with Crippen molar-refractivity contribution in [1.29, 1.82) is 0 Å². The zero-order chi connectivity index (χ0) is 14.8. The Morgan fingerprint density at radius 1 is 1.00 bits per heavy atom. The third-order valence-electron chi connectivity index (χ3n) is 5.18. The van der Waals surface area contributed by atoms with Crippen LogP contribution in [0, 0.1) is 5.92 Å². The fraction of sp³-hybridized carbons (Fsp3) is 1.00. The first-order valence-corrected chi connectivity index (χ1v) is 9.11. The van der Waals surface area contributed by atoms with Crippen LogP contribution in [0.2, 0.25) is 0 Å². The maximum absolute atomic E-state index is 6.32. The summed E-state index contributed by atoms with van der Waals surface area (Å²) in [6.07, 6.45) is 11.9. The Labute approximate surface area is 127 Å². The molecule has 0 radical (unpaired) electrons. The molecule has 2 nitrogen and oxygen atoms in total. The third-order valence-corrected chi connectivity index (χ3v) is 5.18. The minimum Gasteiger partial charge on any atom is -0.374 e. The molecule has 0 aliphatic heterocycles. The van der Waals surface area contributed by atoms with Crippen LogP contribution in [0.3, 0.4) is 0 Å². The van der Waals surface area contributed by atoms with E-state index in [4.69, 9.17) is 4.74 Å². The Balaban J connectivity index is 2.87. The Bertz CT molecular complexity index is 230. The molecule has 0 aromatic rings. The van der Waals surface area contributed by atoms with Crippen LogP contribution >= 0.6 is 0 Å². The van der Waals surface area contributed by atoms with Crippen LogP contribution < -0.4 is 5.32 Å². The molecule has 120 valence electrons. The summed E-state index contributed by atoms with van der Waals surface area (Å²) in [5.41, 5.74) is 0.0406. The maximum Gasteiger partial charge on any atom is 0.0832 e. The summed E-state index contributed by atoms with van der Waals surface area (Å²) in [6.45, 7) is 11.0. The Morgan fingerprint density at radius 3 is 2.05 bits per heavy atom. The molecule has 1 aliphatic rings. The Morgan fingerprint density at radius 2 is 1.60 bits per heavy atom. The minimum atomic E-state index is 0.0406. The monoisotopic (exact) mass is 283 g/mol. The number of ether oxygens (including phenoxy) is 1. The summed E-state index contributed by atoms with van der Waals surface area (Å²) in [5.74, 6) is 0.801. The molecule has 0 heterocycles. The van der Waals surface area contributed by atoms with E-state index in [2.05, 4.69) is 33.0 Å². The SMILES string of the molecule is CCCNC(C1CCCCCC1)C(CC)(CC)OCC. The fourth-order valence-corrected chi connectivity index (χ4v) is 4.00. The van der Waals surface area contributed by atoms with Gasteiger partial charge in [-0.25, -0.2) is 0 Å². The molecule has 1 atom stereocenters. The van der Waals surface area contributed by atoms with Gasteiger partial charge in [0.2, 0.25) is 0 Å². The molecular weight excluding hydrogens is 246 g/mol. The fourth-order valence-electron chi connectivity index (χ4n) is 4.00. The lowest BCUT2D eigenvalue weighted by atomic mass is 9.77. The van der Waals surface area contributed by atoms with Crippen LogP contribution in [0.25, 0.3) is 0 Å². The van der Waals surface area contributed by atoms with Crippen LogP contribution in [0.1, 0.15) is 85.5 Å². The Hall–Kier alpha value is -0.0800. The van der Waals surface area contributed by atoms with Crippen molar-refractivity contribution < 1.29 is 4.74 Å². The molecule has 1 N–H and O–H groups in total. The number of hydrogen-bond acceptors (Lipinski definition) is 2. The highest BCUT2D eigenvalue weighted by Gasteiger charge is 2.40. The van der Waals surface area contributed by atoms with Crippen molar-refractivity contribution in [3.63, 3.8) is 0 Å². The first-order chi connectivity index (χ1) is 9.74. The second-order valence-electron chi connectivity index (χ2n) is 6.39. The number of rotatable bonds is 9. The standard InChI is InChI=1S/C18H37NO/c1-5-15-19-17(16-13-11-9-10-12-14-16)18(6-2,7-3)20-8-4/h16-17,19H,5-15H2,1-4H3. The highest BCUT2D eigenvalue weighted by molar-refractivity contribution is 4.96. The quantitative estimate of drug-likeness (QED) is 0.606. The van der Waals surface area contributed by atoms with Crippen LogP contribution in [0.15, 0.2) is 0 Å². The summed E-state index contributed by atoms with van der Waals surface area (Å²) in [6, 6.07) is 0.537. The van der Waals surface area contributed by atoms with Gasteiger partial charge in [-0.1, -0.05) is 46.5 Å². The first-order valence-electron chi connectivity index (χ1n) is 9.11. The van der Waals surface area contributed by atoms with Crippen molar-refractivity contribution >= 4 is 0 Å². The summed E-state index contributed by atoms with van der Waals surface area (Å²) in [5, 5.41) is 3.87. The highest BCUT2D eigenvalue weighted by atomic mass is 16.5. The van der Waals surface area contributed by atoms with Gasteiger partial charge in [-0.05, 0) is 51.5 Å². The minimum absolute atomic E-state index is 0.0406. The topological polar surface area (TPSA) is 21.3 Å². The summed E-state index contributed by atoms with van der Waals surface area (Å²) in [7, 11) is 0. The molecule has 0 spiro atoms. The van der Waals surface area contributed by atoms with Crippen LogP contribution in [0.5, 0.6) is 0 Å². The van der Waals surface area contributed by atoms with Crippen molar-refractivity contribution in [2.75, 3.05) is 13.2 Å². The molecular formula is C18H37NO. The normalized spacial score (nSPS) is 19.8. The van der Waals surface area contributed by atoms with Gasteiger partial charge in [0, 0.05) is 12.6 Å². The molecule has 0 aromatic heterocycles. The molecule has 1 rings (SSSR count). The van der Waals surface area contributed by atoms with E-state index in [1.54, 1.807) is 0 Å². The van der Waals surface area contributed by atoms with Gasteiger partial charge in [0.1, 0.15) is 0 Å². The van der Waals surface area contributed by atoms with Gasteiger partial charge >= 0.3 is 0 Å². The molecule has 0 saturated heterocycles. The van der Waals surface area contributed by atoms with Crippen molar-refractivity contribution in [2.45, 2.75) is 97.1 Å². The average molecular weight is 283 g/mol. The van der Waals surface area contributed by atoms with Crippen LogP contribution in [0.4, 0.5) is 0 Å². The zero-order valence-electron chi connectivity index (χ0n) is 14.3. The van der Waals surface area contributed by atoms with Gasteiger partial charge in [-0.3, -0.25) is 0 Å². The largest absolute Gasteiger partial charge is 0.374 e. The second kappa shape index (κ2) is 9.78. The predicted octanol–water partition coefficient (Wildman–Crippen LogP) is 4.92. The van der Waals surface area contributed by atoms with Crippen LogP contribution in [-0.2, 0) is 4.74 Å². The lowest BCUT2D eigenvalue weighted by Crippen LogP contribution is -2.56. The van der Waals surface area contributed by atoms with Gasteiger partial charge in [-0.15, -0.1) is 0 Å². The van der Waals surface area contributed by atoms with E-state index < -0.39 is 0 Å². The van der Waals surface area contributed by atoms with E-state index in [1.165, 1.54) is 44.9 Å². The first kappa shape index (κ1) is 18.0. The molecule has 20 heavy (non-hydrogen) atoms. The van der Waals surface area contributed by atoms with Gasteiger partial charge < -0.3 is 10.1 Å². The third kappa shape index (κ3) is 4.73. The summed E-state index contributed by atoms with van der Waals surface area (Å²) < 4.78 is 6.32. The summed E-state index contributed by atoms with van der Waals surface area (Å²) in [4.78, 5) is 0. The molecule has 0 amide bonds.